The molecule has 0 aliphatic carbocycles. The molecule has 0 bridgehead atoms. The molecular formula is C20H20F3N7O2S. The highest BCUT2D eigenvalue weighted by molar-refractivity contribution is 7.93. The van der Waals surface area contributed by atoms with Gasteiger partial charge in [0.05, 0.1) is 27.6 Å². The molecule has 1 aliphatic rings. The molecule has 1 fully saturated rings. The lowest BCUT2D eigenvalue weighted by Gasteiger charge is -2.34. The molecule has 2 aromatic heterocycles. The molecule has 9 nitrogen and oxygen atoms in total. The minimum absolute atomic E-state index is 0.184. The van der Waals surface area contributed by atoms with E-state index in [0.29, 0.717) is 16.9 Å². The first kappa shape index (κ1) is 21.5. The number of H-pyrrole nitrogens is 2. The van der Waals surface area contributed by atoms with Crippen LogP contribution in [0.4, 0.5) is 24.5 Å². The van der Waals surface area contributed by atoms with Crippen LogP contribution in [0.5, 0.6) is 0 Å². The van der Waals surface area contributed by atoms with E-state index in [4.69, 9.17) is 0 Å². The maximum atomic E-state index is 12.9. The van der Waals surface area contributed by atoms with Crippen LogP contribution in [0.2, 0.25) is 0 Å². The van der Waals surface area contributed by atoms with Gasteiger partial charge in [0.15, 0.2) is 5.82 Å². The number of nitrogens with one attached hydrogen (secondary N) is 3. The summed E-state index contributed by atoms with van der Waals surface area (Å²) in [5.41, 5.74) is -2.67. The molecule has 2 aromatic carbocycles. The van der Waals surface area contributed by atoms with E-state index in [1.807, 2.05) is 18.2 Å². The van der Waals surface area contributed by atoms with E-state index < -0.39 is 15.5 Å². The molecule has 1 aliphatic heterocycles. The van der Waals surface area contributed by atoms with Crippen molar-refractivity contribution in [3.05, 3.63) is 36.4 Å². The number of imidazole rings is 1. The average Bonchev–Trinajstić information content (AvgIpc) is 3.37. The van der Waals surface area contributed by atoms with Crippen LogP contribution < -0.4 is 9.62 Å². The summed E-state index contributed by atoms with van der Waals surface area (Å²) in [5, 5.41) is 7.09. The van der Waals surface area contributed by atoms with Crippen molar-refractivity contribution in [2.24, 2.45) is 0 Å². The number of likely N-dealkylation sites (N-methyl/N-ethyl adjacent to an activating group) is 1. The normalized spacial score (nSPS) is 16.1. The predicted octanol–water partition coefficient (Wildman–Crippen LogP) is 3.12. The Morgan fingerprint density at radius 3 is 2.55 bits per heavy atom. The number of fused-ring (bicyclic) bond motifs is 2. The number of alkyl halides is 3. The van der Waals surface area contributed by atoms with Crippen molar-refractivity contribution in [3.63, 3.8) is 0 Å². The lowest BCUT2D eigenvalue weighted by atomic mass is 10.1. The first-order chi connectivity index (χ1) is 15.6. The van der Waals surface area contributed by atoms with Gasteiger partial charge in [0.2, 0.25) is 0 Å². The van der Waals surface area contributed by atoms with Crippen molar-refractivity contribution in [3.8, 4) is 11.5 Å². The number of hydrogen-bond acceptors (Lipinski definition) is 6. The van der Waals surface area contributed by atoms with E-state index in [0.717, 1.165) is 37.4 Å². The van der Waals surface area contributed by atoms with Gasteiger partial charge in [0.1, 0.15) is 5.69 Å². The number of piperazine rings is 1. The summed E-state index contributed by atoms with van der Waals surface area (Å²) in [5.74, 6) is 0.311. The highest BCUT2D eigenvalue weighted by atomic mass is 32.2. The molecule has 0 spiro atoms. The third-order valence-electron chi connectivity index (χ3n) is 5.70. The maximum Gasteiger partial charge on any atom is 0.516 e. The van der Waals surface area contributed by atoms with Crippen LogP contribution >= 0.6 is 0 Å². The van der Waals surface area contributed by atoms with Crippen LogP contribution in [-0.2, 0) is 10.0 Å². The highest BCUT2D eigenvalue weighted by Gasteiger charge is 2.46. The fourth-order valence-corrected chi connectivity index (χ4v) is 4.48. The molecular weight excluding hydrogens is 459 g/mol. The Bertz CT molecular complexity index is 1440. The van der Waals surface area contributed by atoms with Gasteiger partial charge in [-0.1, -0.05) is 6.07 Å². The molecule has 0 unspecified atom stereocenters. The largest absolute Gasteiger partial charge is 0.516 e. The summed E-state index contributed by atoms with van der Waals surface area (Å²) in [6, 6.07) is 10.1. The topological polar surface area (TPSA) is 110 Å². The average molecular weight is 479 g/mol. The number of aromatic nitrogens is 4. The second-order valence-electron chi connectivity index (χ2n) is 7.93. The van der Waals surface area contributed by atoms with Crippen molar-refractivity contribution < 1.29 is 21.6 Å². The van der Waals surface area contributed by atoms with E-state index in [1.165, 1.54) is 12.1 Å². The molecule has 174 valence electrons. The van der Waals surface area contributed by atoms with Gasteiger partial charge < -0.3 is 14.8 Å². The Balaban J connectivity index is 1.55. The van der Waals surface area contributed by atoms with Gasteiger partial charge in [-0.3, -0.25) is 9.82 Å². The quantitative estimate of drug-likeness (QED) is 0.415. The fraction of sp³-hybridized carbons (Fsp3) is 0.300. The van der Waals surface area contributed by atoms with Crippen LogP contribution in [-0.4, -0.2) is 72.2 Å². The second-order valence-corrected chi connectivity index (χ2v) is 9.60. The zero-order valence-corrected chi connectivity index (χ0v) is 18.3. The molecule has 5 rings (SSSR count). The third kappa shape index (κ3) is 3.86. The first-order valence-electron chi connectivity index (χ1n) is 10.1. The smallest absolute Gasteiger partial charge is 0.369 e. The first-order valence-corrected chi connectivity index (χ1v) is 11.6. The van der Waals surface area contributed by atoms with Crippen LogP contribution in [0.15, 0.2) is 36.4 Å². The van der Waals surface area contributed by atoms with Crippen LogP contribution in [0.3, 0.4) is 0 Å². The van der Waals surface area contributed by atoms with Crippen LogP contribution in [0, 0.1) is 0 Å². The van der Waals surface area contributed by atoms with Gasteiger partial charge in [0.25, 0.3) is 0 Å². The van der Waals surface area contributed by atoms with Gasteiger partial charge in [-0.2, -0.15) is 26.7 Å². The van der Waals surface area contributed by atoms with Crippen molar-refractivity contribution in [2.45, 2.75) is 5.51 Å². The van der Waals surface area contributed by atoms with Crippen molar-refractivity contribution in [1.29, 1.82) is 0 Å². The Labute approximate surface area is 186 Å². The molecule has 0 amide bonds. The molecule has 4 aromatic rings. The van der Waals surface area contributed by atoms with E-state index in [-0.39, 0.29) is 16.8 Å². The molecule has 1 saturated heterocycles. The van der Waals surface area contributed by atoms with Crippen molar-refractivity contribution in [2.75, 3.05) is 42.8 Å². The lowest BCUT2D eigenvalue weighted by Crippen LogP contribution is -2.44. The minimum atomic E-state index is -5.60. The molecule has 0 atom stereocenters. The van der Waals surface area contributed by atoms with E-state index in [9.17, 15) is 21.6 Å². The summed E-state index contributed by atoms with van der Waals surface area (Å²) < 4.78 is 63.8. The number of aromatic amines is 2. The lowest BCUT2D eigenvalue weighted by molar-refractivity contribution is -0.0429. The molecule has 0 radical (unpaired) electrons. The zero-order chi connectivity index (χ0) is 23.4. The van der Waals surface area contributed by atoms with E-state index in [2.05, 4.69) is 37.0 Å². The van der Waals surface area contributed by atoms with Gasteiger partial charge in [0, 0.05) is 31.9 Å². The summed E-state index contributed by atoms with van der Waals surface area (Å²) >= 11 is 0. The minimum Gasteiger partial charge on any atom is -0.369 e. The summed E-state index contributed by atoms with van der Waals surface area (Å²) in [7, 11) is -3.51. The third-order valence-corrected chi connectivity index (χ3v) is 6.79. The van der Waals surface area contributed by atoms with Gasteiger partial charge in [-0.15, -0.1) is 0 Å². The van der Waals surface area contributed by atoms with Crippen LogP contribution in [0.25, 0.3) is 33.5 Å². The standard InChI is InChI=1S/C20H20F3N7O2S/c1-29-7-9-30(10-8-29)12-5-6-13-16(11-12)25-19(24-13)18-17-14(26-27-18)3-2-4-15(17)28-33(31,32)20(21,22)23/h2-6,11,28H,7-10H2,1H3,(H,24,25)(H,26,27). The number of sulfonamides is 1. The Hall–Kier alpha value is -3.32. The van der Waals surface area contributed by atoms with Gasteiger partial charge in [-0.05, 0) is 37.4 Å². The van der Waals surface area contributed by atoms with Gasteiger partial charge in [-0.25, -0.2) is 4.98 Å². The number of nitrogens with zero attached hydrogens (tertiary/aromatic N) is 4. The number of benzene rings is 2. The molecule has 0 saturated carbocycles. The number of anilines is 2. The Morgan fingerprint density at radius 1 is 1.06 bits per heavy atom. The van der Waals surface area contributed by atoms with E-state index >= 15 is 0 Å². The summed E-state index contributed by atoms with van der Waals surface area (Å²) in [6.07, 6.45) is 0. The molecule has 3 N–H and O–H groups in total. The maximum absolute atomic E-state index is 12.9. The highest BCUT2D eigenvalue weighted by Crippen LogP contribution is 2.35. The number of rotatable bonds is 4. The molecule has 13 heteroatoms. The van der Waals surface area contributed by atoms with Crippen molar-refractivity contribution >= 4 is 43.3 Å². The van der Waals surface area contributed by atoms with Gasteiger partial charge >= 0.3 is 15.5 Å². The molecule has 33 heavy (non-hydrogen) atoms. The monoisotopic (exact) mass is 479 g/mol. The zero-order valence-electron chi connectivity index (χ0n) is 17.4. The Kier molecular flexibility index (Phi) is 4.97. The predicted molar refractivity (Wildman–Crippen MR) is 119 cm³/mol. The Morgan fingerprint density at radius 2 is 1.82 bits per heavy atom. The fourth-order valence-electron chi connectivity index (χ4n) is 3.90. The summed E-state index contributed by atoms with van der Waals surface area (Å²) in [6.45, 7) is 3.72. The van der Waals surface area contributed by atoms with E-state index in [1.54, 1.807) is 10.8 Å². The summed E-state index contributed by atoms with van der Waals surface area (Å²) in [4.78, 5) is 12.2. The second kappa shape index (κ2) is 7.63. The number of hydrogen-bond donors (Lipinski definition) is 3. The SMILES string of the molecule is CN1CCN(c2ccc3nc(-c4n[nH]c5cccc(NS(=O)(=O)C(F)(F)F)c45)[nH]c3c2)CC1. The van der Waals surface area contributed by atoms with Crippen LogP contribution in [0.1, 0.15) is 0 Å². The molecule has 3 heterocycles. The number of halogens is 3. The van der Waals surface area contributed by atoms with Crippen molar-refractivity contribution in [1.82, 2.24) is 25.1 Å².